The molecule has 4 rings (SSSR count). The molecule has 0 bridgehead atoms. The van der Waals surface area contributed by atoms with E-state index in [0.717, 1.165) is 40.8 Å². The van der Waals surface area contributed by atoms with E-state index in [2.05, 4.69) is 27.0 Å². The van der Waals surface area contributed by atoms with Crippen LogP contribution in [0.1, 0.15) is 19.3 Å². The Morgan fingerprint density at radius 2 is 1.76 bits per heavy atom. The number of rotatable bonds is 2. The average molecular weight is 373 g/mol. The molecule has 1 aliphatic rings. The molecule has 6 heteroatoms. The van der Waals surface area contributed by atoms with Gasteiger partial charge in [0.2, 0.25) is 0 Å². The molecule has 1 saturated heterocycles. The third-order valence-electron chi connectivity index (χ3n) is 4.72. The summed E-state index contributed by atoms with van der Waals surface area (Å²) in [6.45, 7) is 2.09. The molecule has 128 valence electrons. The van der Waals surface area contributed by atoms with Crippen LogP contribution in [-0.2, 0) is 0 Å². The zero-order valence-electron chi connectivity index (χ0n) is 13.7. The summed E-state index contributed by atoms with van der Waals surface area (Å²) in [4.78, 5) is 11.0. The summed E-state index contributed by atoms with van der Waals surface area (Å²) < 4.78 is 0. The van der Waals surface area contributed by atoms with E-state index in [-0.39, 0.29) is 0 Å². The van der Waals surface area contributed by atoms with Crippen LogP contribution in [0, 0.1) is 0 Å². The van der Waals surface area contributed by atoms with Crippen LogP contribution in [0.25, 0.3) is 22.0 Å². The van der Waals surface area contributed by atoms with Crippen LogP contribution < -0.4 is 10.6 Å². The molecule has 0 aliphatic carbocycles. The second-order valence-electron chi connectivity index (χ2n) is 6.30. The van der Waals surface area contributed by atoms with Crippen LogP contribution in [0.4, 0.5) is 11.5 Å². The predicted molar refractivity (Wildman–Crippen MR) is 105 cm³/mol. The largest absolute Gasteiger partial charge is 0.383 e. The van der Waals surface area contributed by atoms with Crippen molar-refractivity contribution in [2.45, 2.75) is 19.3 Å². The van der Waals surface area contributed by atoms with Crippen molar-refractivity contribution in [1.82, 2.24) is 9.97 Å². The summed E-state index contributed by atoms with van der Waals surface area (Å²) in [5.74, 6) is 0.475. The van der Waals surface area contributed by atoms with E-state index in [4.69, 9.17) is 28.9 Å². The van der Waals surface area contributed by atoms with Gasteiger partial charge in [-0.25, -0.2) is 9.97 Å². The van der Waals surface area contributed by atoms with E-state index in [0.29, 0.717) is 15.9 Å². The number of benzene rings is 2. The van der Waals surface area contributed by atoms with Crippen molar-refractivity contribution in [3.05, 3.63) is 46.7 Å². The first-order chi connectivity index (χ1) is 12.1. The van der Waals surface area contributed by atoms with Gasteiger partial charge in [0.25, 0.3) is 0 Å². The van der Waals surface area contributed by atoms with Crippen LogP contribution in [0.3, 0.4) is 0 Å². The Hall–Kier alpha value is -2.04. The standard InChI is InChI=1S/C19H18Cl2N4/c20-16-6-4-5-13(17(16)21)14-9-12(25-7-2-1-3-8-25)10-15-18(14)23-11-24-19(15)22/h4-6,9-11H,1-3,7-8H2,(H2,22,23,24). The molecular weight excluding hydrogens is 355 g/mol. The molecule has 0 unspecified atom stereocenters. The normalized spacial score (nSPS) is 14.9. The molecule has 1 fully saturated rings. The number of hydrogen-bond donors (Lipinski definition) is 1. The van der Waals surface area contributed by atoms with Crippen molar-refractivity contribution < 1.29 is 0 Å². The topological polar surface area (TPSA) is 55.0 Å². The van der Waals surface area contributed by atoms with Crippen molar-refractivity contribution in [2.24, 2.45) is 0 Å². The lowest BCUT2D eigenvalue weighted by Gasteiger charge is -2.29. The van der Waals surface area contributed by atoms with Gasteiger partial charge in [-0.3, -0.25) is 0 Å². The highest BCUT2D eigenvalue weighted by Crippen LogP contribution is 2.40. The fraction of sp³-hybridized carbons (Fsp3) is 0.263. The third-order valence-corrected chi connectivity index (χ3v) is 5.54. The van der Waals surface area contributed by atoms with Gasteiger partial charge in [0.1, 0.15) is 12.1 Å². The molecule has 0 spiro atoms. The van der Waals surface area contributed by atoms with Gasteiger partial charge in [-0.1, -0.05) is 35.3 Å². The number of hydrogen-bond acceptors (Lipinski definition) is 4. The lowest BCUT2D eigenvalue weighted by molar-refractivity contribution is 0.578. The van der Waals surface area contributed by atoms with Gasteiger partial charge in [0.05, 0.1) is 15.6 Å². The summed E-state index contributed by atoms with van der Waals surface area (Å²) in [7, 11) is 0. The highest BCUT2D eigenvalue weighted by molar-refractivity contribution is 6.44. The molecular formula is C19H18Cl2N4. The maximum Gasteiger partial charge on any atom is 0.134 e. The number of halogens is 2. The molecule has 0 radical (unpaired) electrons. The van der Waals surface area contributed by atoms with Gasteiger partial charge in [0.15, 0.2) is 0 Å². The average Bonchev–Trinajstić information content (AvgIpc) is 2.64. The molecule has 1 aliphatic heterocycles. The summed E-state index contributed by atoms with van der Waals surface area (Å²) >= 11 is 12.7. The summed E-state index contributed by atoms with van der Waals surface area (Å²) in [5, 5.41) is 1.90. The van der Waals surface area contributed by atoms with Crippen molar-refractivity contribution in [3.63, 3.8) is 0 Å². The fourth-order valence-corrected chi connectivity index (χ4v) is 3.83. The van der Waals surface area contributed by atoms with Crippen molar-refractivity contribution in [3.8, 4) is 11.1 Å². The number of fused-ring (bicyclic) bond motifs is 1. The Bertz CT molecular complexity index is 936. The zero-order valence-corrected chi connectivity index (χ0v) is 15.2. The second-order valence-corrected chi connectivity index (χ2v) is 7.08. The number of nitrogen functional groups attached to an aromatic ring is 1. The lowest BCUT2D eigenvalue weighted by Crippen LogP contribution is -2.29. The van der Waals surface area contributed by atoms with Crippen LogP contribution in [0.2, 0.25) is 10.0 Å². The van der Waals surface area contributed by atoms with Gasteiger partial charge in [-0.05, 0) is 37.5 Å². The molecule has 2 N–H and O–H groups in total. The minimum atomic E-state index is 0.475. The van der Waals surface area contributed by atoms with Crippen LogP contribution in [-0.4, -0.2) is 23.1 Å². The van der Waals surface area contributed by atoms with Crippen LogP contribution in [0.15, 0.2) is 36.7 Å². The Balaban J connectivity index is 1.98. The number of nitrogens with two attached hydrogens (primary N) is 1. The molecule has 4 nitrogen and oxygen atoms in total. The molecule has 0 atom stereocenters. The molecule has 0 saturated carbocycles. The fourth-order valence-electron chi connectivity index (χ4n) is 3.42. The van der Waals surface area contributed by atoms with E-state index in [1.54, 1.807) is 6.07 Å². The van der Waals surface area contributed by atoms with Gasteiger partial charge in [-0.15, -0.1) is 0 Å². The van der Waals surface area contributed by atoms with Gasteiger partial charge < -0.3 is 10.6 Å². The van der Waals surface area contributed by atoms with Crippen molar-refractivity contribution >= 4 is 45.6 Å². The minimum absolute atomic E-state index is 0.475. The maximum absolute atomic E-state index is 6.49. The Morgan fingerprint density at radius 1 is 0.960 bits per heavy atom. The first kappa shape index (κ1) is 16.4. The molecule has 25 heavy (non-hydrogen) atoms. The number of anilines is 2. The number of aromatic nitrogens is 2. The van der Waals surface area contributed by atoms with Crippen molar-refractivity contribution in [1.29, 1.82) is 0 Å². The van der Waals surface area contributed by atoms with E-state index < -0.39 is 0 Å². The lowest BCUT2D eigenvalue weighted by atomic mass is 9.99. The molecule has 2 aromatic carbocycles. The molecule has 3 aromatic rings. The first-order valence-electron chi connectivity index (χ1n) is 8.39. The highest BCUT2D eigenvalue weighted by Gasteiger charge is 2.18. The SMILES string of the molecule is Nc1ncnc2c(-c3cccc(Cl)c3Cl)cc(N3CCCCC3)cc12. The summed E-state index contributed by atoms with van der Waals surface area (Å²) in [6, 6.07) is 9.86. The summed E-state index contributed by atoms with van der Waals surface area (Å²) in [5.41, 5.74) is 9.84. The zero-order chi connectivity index (χ0) is 17.4. The smallest absolute Gasteiger partial charge is 0.134 e. The first-order valence-corrected chi connectivity index (χ1v) is 9.14. The Morgan fingerprint density at radius 3 is 2.56 bits per heavy atom. The number of piperidine rings is 1. The maximum atomic E-state index is 6.49. The Kier molecular flexibility index (Phi) is 4.40. The van der Waals surface area contributed by atoms with Crippen LogP contribution in [0.5, 0.6) is 0 Å². The molecule has 1 aromatic heterocycles. The molecule has 0 amide bonds. The van der Waals surface area contributed by atoms with Gasteiger partial charge in [0, 0.05) is 35.3 Å². The second kappa shape index (κ2) is 6.70. The van der Waals surface area contributed by atoms with E-state index >= 15 is 0 Å². The third kappa shape index (κ3) is 3.00. The van der Waals surface area contributed by atoms with Gasteiger partial charge >= 0.3 is 0 Å². The summed E-state index contributed by atoms with van der Waals surface area (Å²) in [6.07, 6.45) is 5.17. The van der Waals surface area contributed by atoms with E-state index in [1.807, 2.05) is 12.1 Å². The molecule has 2 heterocycles. The minimum Gasteiger partial charge on any atom is -0.383 e. The Labute approximate surface area is 156 Å². The van der Waals surface area contributed by atoms with Crippen molar-refractivity contribution in [2.75, 3.05) is 23.7 Å². The van der Waals surface area contributed by atoms with Gasteiger partial charge in [-0.2, -0.15) is 0 Å². The van der Waals surface area contributed by atoms with E-state index in [9.17, 15) is 0 Å². The van der Waals surface area contributed by atoms with Crippen LogP contribution >= 0.6 is 23.2 Å². The predicted octanol–water partition coefficient (Wildman–Crippen LogP) is 5.18. The number of nitrogens with zero attached hydrogens (tertiary/aromatic N) is 3. The highest BCUT2D eigenvalue weighted by atomic mass is 35.5. The monoisotopic (exact) mass is 372 g/mol. The quantitative estimate of drug-likeness (QED) is 0.673. The van der Waals surface area contributed by atoms with E-state index in [1.165, 1.54) is 25.6 Å².